The molecule has 0 aliphatic heterocycles. The van der Waals surface area contributed by atoms with E-state index < -0.39 is 0 Å². The number of nitrogens with zero attached hydrogens (tertiary/aromatic N) is 2. The molecule has 1 aromatic heterocycles. The quantitative estimate of drug-likeness (QED) is 0.0216. The van der Waals surface area contributed by atoms with Crippen LogP contribution in [0.4, 0.5) is 0 Å². The molecule has 0 saturated heterocycles. The number of benzene rings is 8. The number of hydrogen-bond donors (Lipinski definition) is 0. The zero-order valence-electron chi connectivity index (χ0n) is 61.3. The van der Waals surface area contributed by atoms with E-state index in [9.17, 15) is 0 Å². The van der Waals surface area contributed by atoms with Crippen LogP contribution >= 0.6 is 0 Å². The molecular formula is C94H124N2. The monoisotopic (exact) mass is 1280 g/mol. The molecule has 0 N–H and O–H groups in total. The van der Waals surface area contributed by atoms with Crippen molar-refractivity contribution in [1.29, 1.82) is 0 Å². The molecule has 1 heterocycles. The largest absolute Gasteiger partial charge is 0.244 e. The third-order valence-corrected chi connectivity index (χ3v) is 23.5. The molecule has 8 aromatic carbocycles. The molecule has 0 atom stereocenters. The van der Waals surface area contributed by atoms with Crippen molar-refractivity contribution in [1.82, 2.24) is 9.97 Å². The Bertz CT molecular complexity index is 3640. The van der Waals surface area contributed by atoms with Crippen LogP contribution in [-0.2, 0) is 23.7 Å². The molecule has 96 heavy (non-hydrogen) atoms. The van der Waals surface area contributed by atoms with Crippen LogP contribution in [0.2, 0.25) is 0 Å². The molecule has 0 amide bonds. The fourth-order valence-corrected chi connectivity index (χ4v) is 18.0. The number of rotatable bonds is 44. The van der Waals surface area contributed by atoms with E-state index in [2.05, 4.69) is 175 Å². The summed E-state index contributed by atoms with van der Waals surface area (Å²) in [5.74, 6) is 0. The Morgan fingerprint density at radius 1 is 0.240 bits per heavy atom. The van der Waals surface area contributed by atoms with Gasteiger partial charge in [-0.1, -0.05) is 357 Å². The van der Waals surface area contributed by atoms with Gasteiger partial charge in [0.15, 0.2) is 0 Å². The van der Waals surface area contributed by atoms with E-state index in [1.165, 1.54) is 334 Å². The van der Waals surface area contributed by atoms with Crippen molar-refractivity contribution >= 4 is 43.6 Å². The summed E-state index contributed by atoms with van der Waals surface area (Å²) in [6.45, 7) is 14.1. The summed E-state index contributed by atoms with van der Waals surface area (Å²) in [5.41, 5.74) is 24.5. The topological polar surface area (TPSA) is 25.8 Å². The van der Waals surface area contributed by atoms with E-state index in [1.807, 2.05) is 0 Å². The van der Waals surface area contributed by atoms with Crippen molar-refractivity contribution < 1.29 is 0 Å². The lowest BCUT2D eigenvalue weighted by Gasteiger charge is -2.33. The van der Waals surface area contributed by atoms with Gasteiger partial charge in [0.2, 0.25) is 0 Å². The van der Waals surface area contributed by atoms with Gasteiger partial charge in [0.25, 0.3) is 0 Å². The van der Waals surface area contributed by atoms with Gasteiger partial charge in [-0.15, -0.1) is 0 Å². The minimum atomic E-state index is 0.0246. The van der Waals surface area contributed by atoms with Crippen molar-refractivity contribution in [3.8, 4) is 44.5 Å². The Kier molecular flexibility index (Phi) is 26.8. The molecule has 0 saturated carbocycles. The Morgan fingerprint density at radius 2 is 0.521 bits per heavy atom. The molecule has 2 aliphatic carbocycles. The van der Waals surface area contributed by atoms with Crippen molar-refractivity contribution in [2.24, 2.45) is 0 Å². The third-order valence-electron chi connectivity index (χ3n) is 23.5. The second-order valence-electron chi connectivity index (χ2n) is 30.4. The molecule has 9 aromatic rings. The molecule has 0 radical (unpaired) electrons. The van der Waals surface area contributed by atoms with Crippen molar-refractivity contribution in [2.75, 3.05) is 0 Å². The first-order valence-corrected chi connectivity index (χ1v) is 40.5. The summed E-state index contributed by atoms with van der Waals surface area (Å²) >= 11 is 0. The summed E-state index contributed by atoms with van der Waals surface area (Å²) in [5, 5.41) is 4.95. The second kappa shape index (κ2) is 36.1. The van der Waals surface area contributed by atoms with E-state index >= 15 is 0 Å². The molecule has 0 fully saturated rings. The average Bonchev–Trinajstić information content (AvgIpc) is 1.26. The zero-order chi connectivity index (χ0) is 66.4. The van der Waals surface area contributed by atoms with E-state index in [0.717, 1.165) is 34.9 Å². The number of aryl methyl sites for hydroxylation is 2. The van der Waals surface area contributed by atoms with Crippen LogP contribution in [0.1, 0.15) is 332 Å². The van der Waals surface area contributed by atoms with Crippen LogP contribution in [0, 0.1) is 0 Å². The van der Waals surface area contributed by atoms with Crippen LogP contribution in [0.5, 0.6) is 0 Å². The number of unbranched alkanes of at least 4 members (excludes halogenated alkanes) is 30. The fourth-order valence-electron chi connectivity index (χ4n) is 18.0. The SMILES string of the molecule is CCCCCCCCCCCCc1cc2nc3c4cc(-c5ccc6c(c5)C(CCCCCC)(CCCCCC)c5ccccc5-6)ccc4c4ccc(-c5ccc6c(c5)C(CCCCCC)(CCCCCC)c5ccccc5-6)cc4c3nc2cc1CCCCCCCCCCCC. The maximum Gasteiger partial charge on any atom is 0.0979 e. The molecule has 2 aliphatic rings. The van der Waals surface area contributed by atoms with Crippen molar-refractivity contribution in [2.45, 2.75) is 322 Å². The number of fused-ring (bicyclic) bond motifs is 13. The normalized spacial score (nSPS) is 13.6. The third kappa shape index (κ3) is 16.6. The predicted molar refractivity (Wildman–Crippen MR) is 421 cm³/mol. The molecule has 0 bridgehead atoms. The molecular weight excluding hydrogens is 1160 g/mol. The van der Waals surface area contributed by atoms with Gasteiger partial charge in [0, 0.05) is 21.6 Å². The van der Waals surface area contributed by atoms with E-state index in [-0.39, 0.29) is 10.8 Å². The van der Waals surface area contributed by atoms with Crippen LogP contribution in [0.25, 0.3) is 88.1 Å². The lowest BCUT2D eigenvalue weighted by atomic mass is 9.70. The highest BCUT2D eigenvalue weighted by atomic mass is 14.8. The zero-order valence-corrected chi connectivity index (χ0v) is 61.3. The summed E-state index contributed by atoms with van der Waals surface area (Å²) in [7, 11) is 0. The Morgan fingerprint density at radius 3 is 0.865 bits per heavy atom. The van der Waals surface area contributed by atoms with Crippen LogP contribution in [0.15, 0.2) is 133 Å². The fraction of sp³-hybridized carbons (Fsp3) is 0.532. The van der Waals surface area contributed by atoms with E-state index in [1.54, 1.807) is 22.3 Å². The van der Waals surface area contributed by atoms with Gasteiger partial charge >= 0.3 is 0 Å². The standard InChI is InChI=1S/C94H124N2/c1-7-13-19-25-27-29-31-33-35-37-47-71-69-89-90(70-72(71)48-38-36-34-32-30-28-26-20-14-8-2)96-92-84-66-74(76-56-60-82-80-50-40-42-52-86(80)94(88(82)68-76,63-45-23-17-11-5)64-46-24-18-12-6)54-58-78(84)77-57-53-73(65-83(77)91(92)95-89)75-55-59-81-79-49-39-41-51-85(79)93(87(81)67-75,61-43-21-15-9-3)62-44-22-16-10-4/h39-42,49-60,65-70H,7-38,43-48,61-64H2,1-6H3. The molecule has 0 unspecified atom stereocenters. The van der Waals surface area contributed by atoms with E-state index in [0.29, 0.717) is 0 Å². The Hall–Kier alpha value is -6.12. The first kappa shape index (κ1) is 71.2. The number of aromatic nitrogens is 2. The lowest BCUT2D eigenvalue weighted by Crippen LogP contribution is -2.25. The maximum absolute atomic E-state index is 5.97. The lowest BCUT2D eigenvalue weighted by molar-refractivity contribution is 0.401. The van der Waals surface area contributed by atoms with Crippen LogP contribution in [0.3, 0.4) is 0 Å². The predicted octanol–water partition coefficient (Wildman–Crippen LogP) is 29.8. The van der Waals surface area contributed by atoms with Crippen LogP contribution < -0.4 is 0 Å². The van der Waals surface area contributed by atoms with Gasteiger partial charge in [-0.2, -0.15) is 0 Å². The molecule has 2 nitrogen and oxygen atoms in total. The van der Waals surface area contributed by atoms with Crippen molar-refractivity contribution in [3.63, 3.8) is 0 Å². The van der Waals surface area contributed by atoms with E-state index in [4.69, 9.17) is 9.97 Å². The summed E-state index contributed by atoms with van der Waals surface area (Å²) in [4.78, 5) is 11.9. The summed E-state index contributed by atoms with van der Waals surface area (Å²) in [6, 6.07) is 54.0. The van der Waals surface area contributed by atoms with Crippen LogP contribution in [-0.4, -0.2) is 9.97 Å². The van der Waals surface area contributed by atoms with Crippen molar-refractivity contribution in [3.05, 3.63) is 167 Å². The Labute approximate surface area is 583 Å². The summed E-state index contributed by atoms with van der Waals surface area (Å²) in [6.07, 6.45) is 54.8. The van der Waals surface area contributed by atoms with Gasteiger partial charge < -0.3 is 0 Å². The smallest absolute Gasteiger partial charge is 0.0979 e. The summed E-state index contributed by atoms with van der Waals surface area (Å²) < 4.78 is 0. The van der Waals surface area contributed by atoms with Gasteiger partial charge in [0.1, 0.15) is 0 Å². The second-order valence-corrected chi connectivity index (χ2v) is 30.4. The molecule has 0 spiro atoms. The number of hydrogen-bond acceptors (Lipinski definition) is 2. The first-order chi connectivity index (χ1) is 47.4. The maximum atomic E-state index is 5.97. The highest BCUT2D eigenvalue weighted by molar-refractivity contribution is 6.25. The van der Waals surface area contributed by atoms with Gasteiger partial charge in [-0.05, 0) is 176 Å². The molecule has 11 rings (SSSR count). The van der Waals surface area contributed by atoms with Gasteiger partial charge in [-0.3, -0.25) is 0 Å². The average molecular weight is 1280 g/mol. The Balaban J connectivity index is 1.03. The first-order valence-electron chi connectivity index (χ1n) is 40.5. The highest BCUT2D eigenvalue weighted by Gasteiger charge is 2.44. The van der Waals surface area contributed by atoms with Gasteiger partial charge in [-0.25, -0.2) is 9.97 Å². The minimum absolute atomic E-state index is 0.0246. The molecule has 510 valence electrons. The molecule has 2 heteroatoms. The highest BCUT2D eigenvalue weighted by Crippen LogP contribution is 2.57. The minimum Gasteiger partial charge on any atom is -0.244 e. The van der Waals surface area contributed by atoms with Gasteiger partial charge in [0.05, 0.1) is 22.1 Å².